The highest BCUT2D eigenvalue weighted by molar-refractivity contribution is 6.36. The maximum Gasteiger partial charge on any atom is 0.160 e. The van der Waals surface area contributed by atoms with Gasteiger partial charge in [0.15, 0.2) is 23.0 Å². The molecule has 2 radical (unpaired) electrons. The van der Waals surface area contributed by atoms with E-state index in [9.17, 15) is 0 Å². The van der Waals surface area contributed by atoms with Crippen LogP contribution in [0.15, 0.2) is 6.07 Å². The van der Waals surface area contributed by atoms with Crippen molar-refractivity contribution in [2.75, 3.05) is 0 Å². The maximum absolute atomic E-state index is 8.87. The minimum absolute atomic E-state index is 0.442. The second-order valence-electron chi connectivity index (χ2n) is 2.03. The van der Waals surface area contributed by atoms with Gasteiger partial charge in [0.2, 0.25) is 0 Å². The van der Waals surface area contributed by atoms with Crippen LogP contribution >= 0.6 is 0 Å². The van der Waals surface area contributed by atoms with Crippen LogP contribution in [0.4, 0.5) is 0 Å². The zero-order valence-electron chi connectivity index (χ0n) is 5.44. The van der Waals surface area contributed by atoms with Gasteiger partial charge in [-0.2, -0.15) is 0 Å². The molecular formula is C6H5BO4. The lowest BCUT2D eigenvalue weighted by Crippen LogP contribution is -2.03. The minimum Gasteiger partial charge on any atom is -0.505 e. The first-order valence-corrected chi connectivity index (χ1v) is 2.76. The molecule has 0 aliphatic heterocycles. The SMILES string of the molecule is [B]c1c(O)c(O)cc(O)c1O. The Morgan fingerprint density at radius 1 is 0.909 bits per heavy atom. The Labute approximate surface area is 63.8 Å². The minimum atomic E-state index is -0.639. The van der Waals surface area contributed by atoms with Crippen LogP contribution in [-0.4, -0.2) is 28.3 Å². The first-order chi connectivity index (χ1) is 5.04. The third-order valence-corrected chi connectivity index (χ3v) is 1.27. The third kappa shape index (κ3) is 1.04. The summed E-state index contributed by atoms with van der Waals surface area (Å²) in [5.41, 5.74) is -0.442. The van der Waals surface area contributed by atoms with E-state index in [1.54, 1.807) is 0 Å². The Kier molecular flexibility index (Phi) is 1.56. The van der Waals surface area contributed by atoms with Gasteiger partial charge in [-0.15, -0.1) is 0 Å². The molecule has 0 saturated heterocycles. The number of rotatable bonds is 0. The zero-order valence-corrected chi connectivity index (χ0v) is 5.44. The molecule has 1 aromatic rings. The van der Waals surface area contributed by atoms with E-state index < -0.39 is 28.5 Å². The monoisotopic (exact) mass is 152 g/mol. The van der Waals surface area contributed by atoms with Gasteiger partial charge < -0.3 is 20.4 Å². The van der Waals surface area contributed by atoms with E-state index in [1.165, 1.54) is 0 Å². The van der Waals surface area contributed by atoms with E-state index in [0.717, 1.165) is 6.07 Å². The van der Waals surface area contributed by atoms with Crippen LogP contribution in [0.3, 0.4) is 0 Å². The summed E-state index contributed by atoms with van der Waals surface area (Å²) >= 11 is 0. The van der Waals surface area contributed by atoms with E-state index in [1.807, 2.05) is 0 Å². The molecule has 1 rings (SSSR count). The van der Waals surface area contributed by atoms with Crippen molar-refractivity contribution in [3.63, 3.8) is 0 Å². The van der Waals surface area contributed by atoms with Crippen LogP contribution in [-0.2, 0) is 0 Å². The van der Waals surface area contributed by atoms with Gasteiger partial charge in [0.1, 0.15) is 7.85 Å². The molecule has 0 atom stereocenters. The summed E-state index contributed by atoms with van der Waals surface area (Å²) in [7, 11) is 5.06. The summed E-state index contributed by atoms with van der Waals surface area (Å²) in [5.74, 6) is -2.42. The molecule has 0 amide bonds. The molecule has 0 heterocycles. The number of hydrogen-bond acceptors (Lipinski definition) is 4. The molecular weight excluding hydrogens is 147 g/mol. The lowest BCUT2D eigenvalue weighted by atomic mass is 9.93. The fraction of sp³-hybridized carbons (Fsp3) is 0. The van der Waals surface area contributed by atoms with Gasteiger partial charge in [-0.1, -0.05) is 0 Å². The summed E-state index contributed by atoms with van der Waals surface area (Å²) in [6, 6.07) is 0.793. The van der Waals surface area contributed by atoms with E-state index in [-0.39, 0.29) is 0 Å². The molecule has 0 aliphatic rings. The van der Waals surface area contributed by atoms with E-state index in [2.05, 4.69) is 0 Å². The molecule has 0 spiro atoms. The molecule has 56 valence electrons. The Balaban J connectivity index is 3.46. The van der Waals surface area contributed by atoms with Gasteiger partial charge in [0, 0.05) is 6.07 Å². The van der Waals surface area contributed by atoms with Crippen molar-refractivity contribution in [1.29, 1.82) is 0 Å². The molecule has 0 saturated carbocycles. The molecule has 5 heteroatoms. The molecule has 0 fully saturated rings. The van der Waals surface area contributed by atoms with Crippen molar-refractivity contribution in [1.82, 2.24) is 0 Å². The van der Waals surface area contributed by atoms with Crippen LogP contribution in [0.1, 0.15) is 0 Å². The van der Waals surface area contributed by atoms with Gasteiger partial charge in [-0.25, -0.2) is 0 Å². The lowest BCUT2D eigenvalue weighted by molar-refractivity contribution is 0.378. The third-order valence-electron chi connectivity index (χ3n) is 1.27. The Morgan fingerprint density at radius 2 is 1.27 bits per heavy atom. The van der Waals surface area contributed by atoms with Crippen LogP contribution in [0.2, 0.25) is 0 Å². The predicted molar refractivity (Wildman–Crippen MR) is 38.5 cm³/mol. The average Bonchev–Trinajstić information content (AvgIpc) is 1.97. The number of aromatic hydroxyl groups is 4. The smallest absolute Gasteiger partial charge is 0.160 e. The van der Waals surface area contributed by atoms with E-state index in [0.29, 0.717) is 0 Å². The molecule has 0 aromatic heterocycles. The maximum atomic E-state index is 8.87. The van der Waals surface area contributed by atoms with Crippen molar-refractivity contribution in [2.24, 2.45) is 0 Å². The second-order valence-corrected chi connectivity index (χ2v) is 2.03. The molecule has 4 nitrogen and oxygen atoms in total. The highest BCUT2D eigenvalue weighted by Gasteiger charge is 2.11. The summed E-state index contributed by atoms with van der Waals surface area (Å²) < 4.78 is 0. The summed E-state index contributed by atoms with van der Waals surface area (Å²) in [6.45, 7) is 0. The fourth-order valence-electron chi connectivity index (χ4n) is 0.654. The zero-order chi connectivity index (χ0) is 8.59. The van der Waals surface area contributed by atoms with Crippen LogP contribution in [0.25, 0.3) is 0 Å². The number of hydrogen-bond donors (Lipinski definition) is 4. The average molecular weight is 152 g/mol. The van der Waals surface area contributed by atoms with Crippen LogP contribution < -0.4 is 5.46 Å². The van der Waals surface area contributed by atoms with Crippen molar-refractivity contribution >= 4 is 13.3 Å². The van der Waals surface area contributed by atoms with Gasteiger partial charge >= 0.3 is 0 Å². The molecule has 0 bridgehead atoms. The van der Waals surface area contributed by atoms with E-state index >= 15 is 0 Å². The summed E-state index contributed by atoms with van der Waals surface area (Å²) in [4.78, 5) is 0. The molecule has 11 heavy (non-hydrogen) atoms. The largest absolute Gasteiger partial charge is 0.505 e. The summed E-state index contributed by atoms with van der Waals surface area (Å²) in [5, 5.41) is 35.3. The Bertz CT molecular complexity index is 271. The molecule has 0 unspecified atom stereocenters. The van der Waals surface area contributed by atoms with Crippen LogP contribution in [0, 0.1) is 0 Å². The number of phenolic OH excluding ortho intramolecular Hbond substituents is 4. The normalized spacial score (nSPS) is 9.82. The Morgan fingerprint density at radius 3 is 1.64 bits per heavy atom. The topological polar surface area (TPSA) is 80.9 Å². The van der Waals surface area contributed by atoms with Gasteiger partial charge in [0.25, 0.3) is 0 Å². The second kappa shape index (κ2) is 2.27. The predicted octanol–water partition coefficient (Wildman–Crippen LogP) is -0.697. The summed E-state index contributed by atoms with van der Waals surface area (Å²) in [6.07, 6.45) is 0. The van der Waals surface area contributed by atoms with Crippen molar-refractivity contribution in [2.45, 2.75) is 0 Å². The van der Waals surface area contributed by atoms with Gasteiger partial charge in [-0.3, -0.25) is 0 Å². The van der Waals surface area contributed by atoms with Crippen molar-refractivity contribution in [3.8, 4) is 23.0 Å². The van der Waals surface area contributed by atoms with E-state index in [4.69, 9.17) is 28.3 Å². The fourth-order valence-corrected chi connectivity index (χ4v) is 0.654. The number of phenols is 4. The first-order valence-electron chi connectivity index (χ1n) is 2.76. The van der Waals surface area contributed by atoms with Crippen molar-refractivity contribution < 1.29 is 20.4 Å². The molecule has 4 N–H and O–H groups in total. The van der Waals surface area contributed by atoms with Crippen molar-refractivity contribution in [3.05, 3.63) is 6.07 Å². The highest BCUT2D eigenvalue weighted by Crippen LogP contribution is 2.33. The number of benzene rings is 1. The first kappa shape index (κ1) is 7.59. The van der Waals surface area contributed by atoms with Crippen LogP contribution in [0.5, 0.6) is 23.0 Å². The lowest BCUT2D eigenvalue weighted by Gasteiger charge is -2.05. The molecule has 1 aromatic carbocycles. The molecule has 0 aliphatic carbocycles. The standard InChI is InChI=1S/C6H5BO4/c7-4-5(10)2(8)1-3(9)6(4)11/h1,8-11H. The highest BCUT2D eigenvalue weighted by atomic mass is 16.3. The van der Waals surface area contributed by atoms with Gasteiger partial charge in [0.05, 0.1) is 0 Å². The van der Waals surface area contributed by atoms with Gasteiger partial charge in [-0.05, 0) is 5.46 Å². The Hall–Kier alpha value is -1.52. The quantitative estimate of drug-likeness (QED) is 0.225.